The van der Waals surface area contributed by atoms with Gasteiger partial charge in [0, 0.05) is 17.2 Å². The molecule has 1 atom stereocenters. The molecule has 4 N–H and O–H groups in total. The summed E-state index contributed by atoms with van der Waals surface area (Å²) in [7, 11) is 0. The molecule has 1 rings (SSSR count). The highest BCUT2D eigenvalue weighted by Crippen LogP contribution is 2.18. The molecule has 0 aromatic carbocycles. The normalized spacial score (nSPS) is 11.7. The second-order valence-electron chi connectivity index (χ2n) is 3.68. The molecule has 0 aliphatic carbocycles. The summed E-state index contributed by atoms with van der Waals surface area (Å²) in [5.74, 6) is -0.516. The highest BCUT2D eigenvalue weighted by atomic mass is 79.9. The fraction of sp³-hybridized carbons (Fsp3) is 0.364. The maximum Gasteiger partial charge on any atom is 0.255 e. The van der Waals surface area contributed by atoms with Crippen LogP contribution in [0.2, 0.25) is 0 Å². The zero-order valence-electron chi connectivity index (χ0n) is 10.2. The van der Waals surface area contributed by atoms with E-state index < -0.39 is 17.9 Å². The summed E-state index contributed by atoms with van der Waals surface area (Å²) >= 11 is 3.25. The number of amides is 2. The second-order valence-corrected chi connectivity index (χ2v) is 4.59. The number of halogens is 1. The van der Waals surface area contributed by atoms with Crippen LogP contribution >= 0.6 is 15.9 Å². The first-order valence-corrected chi connectivity index (χ1v) is 6.24. The predicted octanol–water partition coefficient (Wildman–Crippen LogP) is 0.879. The largest absolute Gasteiger partial charge is 0.370 e. The van der Waals surface area contributed by atoms with Gasteiger partial charge in [-0.05, 0) is 35.8 Å². The molecule has 0 saturated carbocycles. The fourth-order valence-corrected chi connectivity index (χ4v) is 1.60. The maximum absolute atomic E-state index is 12.0. The number of nitrogens with zero attached hydrogens (tertiary/aromatic N) is 1. The number of aromatic nitrogens is 1. The summed E-state index contributed by atoms with van der Waals surface area (Å²) in [6.07, 6.45) is 1.59. The third-order valence-corrected chi connectivity index (χ3v) is 2.65. The van der Waals surface area contributed by atoms with Gasteiger partial charge in [-0.25, -0.2) is 4.98 Å². The number of rotatable bonds is 5. The van der Waals surface area contributed by atoms with Crippen molar-refractivity contribution in [3.63, 3.8) is 0 Å². The van der Waals surface area contributed by atoms with Gasteiger partial charge in [-0.1, -0.05) is 0 Å². The highest BCUT2D eigenvalue weighted by Gasteiger charge is 2.17. The lowest BCUT2D eigenvalue weighted by molar-refractivity contribution is -0.119. The third kappa shape index (κ3) is 3.69. The molecular formula is C11H15BrN4O2. The van der Waals surface area contributed by atoms with Gasteiger partial charge in [-0.3, -0.25) is 9.59 Å². The van der Waals surface area contributed by atoms with E-state index in [0.29, 0.717) is 22.4 Å². The number of primary amides is 1. The van der Waals surface area contributed by atoms with Crippen LogP contribution in [0.25, 0.3) is 0 Å². The van der Waals surface area contributed by atoms with Gasteiger partial charge >= 0.3 is 0 Å². The molecule has 0 aliphatic rings. The number of carbonyl (C=O) groups excluding carboxylic acids is 2. The first-order chi connectivity index (χ1) is 8.45. The SMILES string of the molecule is CCNc1ncc(Br)cc1C(=O)NC(C)C(N)=O. The standard InChI is InChI=1S/C11H15BrN4O2/c1-3-14-10-8(4-7(12)5-15-10)11(18)16-6(2)9(13)17/h4-6H,3H2,1-2H3,(H2,13,17)(H,14,15)(H,16,18). The first-order valence-electron chi connectivity index (χ1n) is 5.45. The molecule has 0 fully saturated rings. The van der Waals surface area contributed by atoms with Crippen molar-refractivity contribution in [2.45, 2.75) is 19.9 Å². The van der Waals surface area contributed by atoms with Crippen LogP contribution in [0.5, 0.6) is 0 Å². The van der Waals surface area contributed by atoms with Crippen molar-refractivity contribution >= 4 is 33.6 Å². The van der Waals surface area contributed by atoms with Crippen LogP contribution in [0.4, 0.5) is 5.82 Å². The van der Waals surface area contributed by atoms with E-state index in [1.807, 2.05) is 6.92 Å². The van der Waals surface area contributed by atoms with Crippen molar-refractivity contribution in [3.05, 3.63) is 22.3 Å². The van der Waals surface area contributed by atoms with E-state index in [1.165, 1.54) is 6.92 Å². The van der Waals surface area contributed by atoms with Gasteiger partial charge in [-0.15, -0.1) is 0 Å². The van der Waals surface area contributed by atoms with Crippen LogP contribution in [0.1, 0.15) is 24.2 Å². The Morgan fingerprint density at radius 3 is 2.78 bits per heavy atom. The summed E-state index contributed by atoms with van der Waals surface area (Å²) in [6.45, 7) is 4.07. The van der Waals surface area contributed by atoms with Gasteiger partial charge < -0.3 is 16.4 Å². The summed E-state index contributed by atoms with van der Waals surface area (Å²) in [5, 5.41) is 5.49. The number of carbonyl (C=O) groups is 2. The van der Waals surface area contributed by atoms with Gasteiger partial charge in [0.15, 0.2) is 0 Å². The Morgan fingerprint density at radius 2 is 2.22 bits per heavy atom. The Kier molecular flexibility index (Phi) is 5.08. The Bertz CT molecular complexity index is 464. The number of hydrogen-bond acceptors (Lipinski definition) is 4. The molecular weight excluding hydrogens is 300 g/mol. The van der Waals surface area contributed by atoms with E-state index in [2.05, 4.69) is 31.5 Å². The predicted molar refractivity (Wildman–Crippen MR) is 72.2 cm³/mol. The van der Waals surface area contributed by atoms with Crippen molar-refractivity contribution in [3.8, 4) is 0 Å². The van der Waals surface area contributed by atoms with Gasteiger partial charge in [0.05, 0.1) is 5.56 Å². The molecule has 2 amide bonds. The van der Waals surface area contributed by atoms with Gasteiger partial charge in [0.1, 0.15) is 11.9 Å². The molecule has 1 aromatic rings. The van der Waals surface area contributed by atoms with E-state index >= 15 is 0 Å². The molecule has 1 heterocycles. The summed E-state index contributed by atoms with van der Waals surface area (Å²) in [4.78, 5) is 27.0. The fourth-order valence-electron chi connectivity index (χ4n) is 1.27. The maximum atomic E-state index is 12.0. The minimum Gasteiger partial charge on any atom is -0.370 e. The average Bonchev–Trinajstić information content (AvgIpc) is 2.31. The Labute approximate surface area is 113 Å². The van der Waals surface area contributed by atoms with E-state index in [-0.39, 0.29) is 0 Å². The van der Waals surface area contributed by atoms with Crippen LogP contribution in [0, 0.1) is 0 Å². The average molecular weight is 315 g/mol. The van der Waals surface area contributed by atoms with Crippen molar-refractivity contribution < 1.29 is 9.59 Å². The zero-order valence-corrected chi connectivity index (χ0v) is 11.7. The molecule has 1 aromatic heterocycles. The van der Waals surface area contributed by atoms with Crippen LogP contribution in [0.15, 0.2) is 16.7 Å². The minimum absolute atomic E-state index is 0.360. The van der Waals surface area contributed by atoms with Gasteiger partial charge in [0.2, 0.25) is 5.91 Å². The molecule has 0 bridgehead atoms. The lowest BCUT2D eigenvalue weighted by atomic mass is 10.2. The van der Waals surface area contributed by atoms with E-state index in [9.17, 15) is 9.59 Å². The topological polar surface area (TPSA) is 97.1 Å². The van der Waals surface area contributed by atoms with Crippen LogP contribution in [-0.4, -0.2) is 29.4 Å². The van der Waals surface area contributed by atoms with Crippen LogP contribution in [0.3, 0.4) is 0 Å². The van der Waals surface area contributed by atoms with Crippen molar-refractivity contribution in [1.82, 2.24) is 10.3 Å². The van der Waals surface area contributed by atoms with Crippen molar-refractivity contribution in [2.24, 2.45) is 5.73 Å². The molecule has 0 aliphatic heterocycles. The number of hydrogen-bond donors (Lipinski definition) is 3. The molecule has 0 spiro atoms. The number of nitrogens with two attached hydrogens (primary N) is 1. The molecule has 0 radical (unpaired) electrons. The van der Waals surface area contributed by atoms with E-state index in [4.69, 9.17) is 5.73 Å². The van der Waals surface area contributed by atoms with Crippen molar-refractivity contribution in [1.29, 1.82) is 0 Å². The van der Waals surface area contributed by atoms with E-state index in [0.717, 1.165) is 0 Å². The summed E-state index contributed by atoms with van der Waals surface area (Å²) in [6, 6.07) is 0.902. The monoisotopic (exact) mass is 314 g/mol. The zero-order chi connectivity index (χ0) is 13.7. The van der Waals surface area contributed by atoms with Crippen LogP contribution in [-0.2, 0) is 4.79 Å². The quantitative estimate of drug-likeness (QED) is 0.751. The van der Waals surface area contributed by atoms with Gasteiger partial charge in [0.25, 0.3) is 5.91 Å². The Hall–Kier alpha value is -1.63. The van der Waals surface area contributed by atoms with Crippen LogP contribution < -0.4 is 16.4 Å². The Morgan fingerprint density at radius 1 is 1.56 bits per heavy atom. The van der Waals surface area contributed by atoms with Crippen molar-refractivity contribution in [2.75, 3.05) is 11.9 Å². The summed E-state index contributed by atoms with van der Waals surface area (Å²) in [5.41, 5.74) is 5.46. The lowest BCUT2D eigenvalue weighted by Crippen LogP contribution is -2.42. The van der Waals surface area contributed by atoms with E-state index in [1.54, 1.807) is 12.3 Å². The second kappa shape index (κ2) is 6.34. The smallest absolute Gasteiger partial charge is 0.255 e. The number of pyridine rings is 1. The molecule has 7 heteroatoms. The number of nitrogens with one attached hydrogen (secondary N) is 2. The lowest BCUT2D eigenvalue weighted by Gasteiger charge is -2.13. The molecule has 1 unspecified atom stereocenters. The molecule has 18 heavy (non-hydrogen) atoms. The molecule has 98 valence electrons. The molecule has 6 nitrogen and oxygen atoms in total. The number of anilines is 1. The third-order valence-electron chi connectivity index (χ3n) is 2.22. The molecule has 0 saturated heterocycles. The Balaban J connectivity index is 2.96. The first kappa shape index (κ1) is 14.4. The van der Waals surface area contributed by atoms with Gasteiger partial charge in [-0.2, -0.15) is 0 Å². The minimum atomic E-state index is -0.731. The highest BCUT2D eigenvalue weighted by molar-refractivity contribution is 9.10. The summed E-state index contributed by atoms with van der Waals surface area (Å²) < 4.78 is 0.682.